The molecule has 0 saturated carbocycles. The van der Waals surface area contributed by atoms with Crippen molar-refractivity contribution in [2.75, 3.05) is 20.8 Å². The average molecular weight is 280 g/mol. The fourth-order valence-electron chi connectivity index (χ4n) is 2.83. The van der Waals surface area contributed by atoms with Crippen LogP contribution in [0.4, 0.5) is 0 Å². The summed E-state index contributed by atoms with van der Waals surface area (Å²) in [6, 6.07) is 10.0. The topological polar surface area (TPSA) is 46.2 Å². The van der Waals surface area contributed by atoms with Crippen molar-refractivity contribution in [2.45, 2.75) is 37.3 Å². The largest absolute Gasteiger partial charge is 0.376 e. The molecule has 0 amide bonds. The van der Waals surface area contributed by atoms with Crippen LogP contribution in [0.3, 0.4) is 0 Å². The first-order valence-corrected chi connectivity index (χ1v) is 6.81. The van der Waals surface area contributed by atoms with Crippen LogP contribution in [-0.4, -0.2) is 51.5 Å². The van der Waals surface area contributed by atoms with E-state index in [1.165, 1.54) is 0 Å². The molecule has 1 aromatic carbocycles. The van der Waals surface area contributed by atoms with E-state index in [1.54, 1.807) is 14.2 Å². The second-order valence-corrected chi connectivity index (χ2v) is 5.04. The van der Waals surface area contributed by atoms with E-state index in [-0.39, 0.29) is 30.7 Å². The van der Waals surface area contributed by atoms with E-state index in [0.29, 0.717) is 13.2 Å². The molecule has 2 aliphatic rings. The summed E-state index contributed by atoms with van der Waals surface area (Å²) < 4.78 is 28.5. The maximum atomic E-state index is 5.98. The molecule has 5 heteroatoms. The fourth-order valence-corrected chi connectivity index (χ4v) is 2.83. The summed E-state index contributed by atoms with van der Waals surface area (Å²) >= 11 is 0. The van der Waals surface area contributed by atoms with Gasteiger partial charge in [0.25, 0.3) is 0 Å². The summed E-state index contributed by atoms with van der Waals surface area (Å²) in [4.78, 5) is 0. The molecule has 110 valence electrons. The van der Waals surface area contributed by atoms with E-state index in [4.69, 9.17) is 23.7 Å². The molecule has 0 unspecified atom stereocenters. The van der Waals surface area contributed by atoms with E-state index in [1.807, 2.05) is 30.3 Å². The first kappa shape index (κ1) is 14.0. The molecule has 3 rings (SSSR count). The molecule has 1 aromatic rings. The number of hydrogen-bond donors (Lipinski definition) is 0. The Hall–Kier alpha value is -0.980. The van der Waals surface area contributed by atoms with Crippen LogP contribution in [0.1, 0.15) is 5.56 Å². The Morgan fingerprint density at radius 1 is 1.05 bits per heavy atom. The van der Waals surface area contributed by atoms with Crippen molar-refractivity contribution in [3.63, 3.8) is 0 Å². The van der Waals surface area contributed by atoms with E-state index in [9.17, 15) is 0 Å². The monoisotopic (exact) mass is 280 g/mol. The number of methoxy groups -OCH3 is 2. The molecule has 0 aromatic heterocycles. The molecular formula is C15H20O5. The lowest BCUT2D eigenvalue weighted by atomic mass is 10.0. The number of ether oxygens (including phenoxy) is 5. The lowest BCUT2D eigenvalue weighted by Gasteiger charge is -2.39. The Bertz CT molecular complexity index is 424. The number of hydrogen-bond acceptors (Lipinski definition) is 5. The van der Waals surface area contributed by atoms with E-state index in [2.05, 4.69) is 0 Å². The van der Waals surface area contributed by atoms with Crippen LogP contribution in [0, 0.1) is 0 Å². The molecule has 0 aliphatic carbocycles. The van der Waals surface area contributed by atoms with Gasteiger partial charge in [-0.05, 0) is 5.56 Å². The van der Waals surface area contributed by atoms with Crippen molar-refractivity contribution in [1.82, 2.24) is 0 Å². The normalized spacial score (nSPS) is 36.2. The highest BCUT2D eigenvalue weighted by atomic mass is 16.8. The molecule has 5 nitrogen and oxygen atoms in total. The second-order valence-electron chi connectivity index (χ2n) is 5.04. The Labute approximate surface area is 118 Å². The maximum Gasteiger partial charge on any atom is 0.187 e. The van der Waals surface area contributed by atoms with Gasteiger partial charge >= 0.3 is 0 Å². The van der Waals surface area contributed by atoms with Crippen LogP contribution in [0.2, 0.25) is 0 Å². The molecule has 2 saturated heterocycles. The predicted octanol–water partition coefficient (Wildman–Crippen LogP) is 1.36. The van der Waals surface area contributed by atoms with Gasteiger partial charge in [-0.3, -0.25) is 0 Å². The van der Waals surface area contributed by atoms with Crippen LogP contribution in [0.15, 0.2) is 30.3 Å². The van der Waals surface area contributed by atoms with Gasteiger partial charge in [0.2, 0.25) is 0 Å². The summed E-state index contributed by atoms with van der Waals surface area (Å²) in [6.07, 6.45) is -1.09. The zero-order chi connectivity index (χ0) is 13.9. The van der Waals surface area contributed by atoms with Crippen molar-refractivity contribution in [2.24, 2.45) is 0 Å². The lowest BCUT2D eigenvalue weighted by Crippen LogP contribution is -2.56. The minimum absolute atomic E-state index is 0.0773. The zero-order valence-corrected chi connectivity index (χ0v) is 11.7. The van der Waals surface area contributed by atoms with E-state index < -0.39 is 0 Å². The Morgan fingerprint density at radius 2 is 1.80 bits per heavy atom. The van der Waals surface area contributed by atoms with Crippen molar-refractivity contribution in [3.05, 3.63) is 35.9 Å². The molecule has 5 atom stereocenters. The molecule has 20 heavy (non-hydrogen) atoms. The van der Waals surface area contributed by atoms with E-state index in [0.717, 1.165) is 5.56 Å². The molecule has 0 radical (unpaired) electrons. The highest BCUT2D eigenvalue weighted by Crippen LogP contribution is 2.33. The molecule has 2 bridgehead atoms. The fraction of sp³-hybridized carbons (Fsp3) is 0.600. The molecule has 2 fully saturated rings. The van der Waals surface area contributed by atoms with E-state index >= 15 is 0 Å². The minimum Gasteiger partial charge on any atom is -0.376 e. The predicted molar refractivity (Wildman–Crippen MR) is 71.2 cm³/mol. The second kappa shape index (κ2) is 6.20. The van der Waals surface area contributed by atoms with Crippen molar-refractivity contribution in [3.8, 4) is 0 Å². The molecule has 0 N–H and O–H groups in total. The van der Waals surface area contributed by atoms with Gasteiger partial charge in [0.05, 0.1) is 13.2 Å². The van der Waals surface area contributed by atoms with Crippen LogP contribution in [-0.2, 0) is 30.3 Å². The zero-order valence-electron chi connectivity index (χ0n) is 11.7. The third-order valence-electron chi connectivity index (χ3n) is 3.85. The maximum absolute atomic E-state index is 5.98. The van der Waals surface area contributed by atoms with Crippen molar-refractivity contribution in [1.29, 1.82) is 0 Å². The smallest absolute Gasteiger partial charge is 0.187 e. The number of fused-ring (bicyclic) bond motifs is 2. The third kappa shape index (κ3) is 2.60. The van der Waals surface area contributed by atoms with Crippen LogP contribution >= 0.6 is 0 Å². The SMILES string of the molecule is CO[C@@H]1[C@@H](OCc2ccccc2)[C@@H]2OC[C@H](O2)[C@H]1OC. The lowest BCUT2D eigenvalue weighted by molar-refractivity contribution is -0.255. The summed E-state index contributed by atoms with van der Waals surface area (Å²) in [5.41, 5.74) is 1.11. The van der Waals surface area contributed by atoms with Crippen molar-refractivity contribution < 1.29 is 23.7 Å². The van der Waals surface area contributed by atoms with Gasteiger partial charge in [0.15, 0.2) is 6.29 Å². The molecule has 0 spiro atoms. The van der Waals surface area contributed by atoms with Crippen molar-refractivity contribution >= 4 is 0 Å². The Kier molecular flexibility index (Phi) is 4.33. The number of rotatable bonds is 5. The van der Waals surface area contributed by atoms with Gasteiger partial charge in [-0.2, -0.15) is 0 Å². The first-order chi connectivity index (χ1) is 9.83. The summed E-state index contributed by atoms with van der Waals surface area (Å²) in [5, 5.41) is 0. The summed E-state index contributed by atoms with van der Waals surface area (Å²) in [5.74, 6) is 0. The minimum atomic E-state index is -0.375. The molecule has 2 heterocycles. The van der Waals surface area contributed by atoms with Crippen LogP contribution in [0.5, 0.6) is 0 Å². The third-order valence-corrected chi connectivity index (χ3v) is 3.85. The summed E-state index contributed by atoms with van der Waals surface area (Å²) in [7, 11) is 3.33. The van der Waals surface area contributed by atoms with Crippen LogP contribution < -0.4 is 0 Å². The molecule has 2 aliphatic heterocycles. The van der Waals surface area contributed by atoms with Gasteiger partial charge < -0.3 is 23.7 Å². The van der Waals surface area contributed by atoms with Gasteiger partial charge in [-0.1, -0.05) is 30.3 Å². The first-order valence-electron chi connectivity index (χ1n) is 6.81. The summed E-state index contributed by atoms with van der Waals surface area (Å²) in [6.45, 7) is 1.02. The Morgan fingerprint density at radius 3 is 2.50 bits per heavy atom. The van der Waals surface area contributed by atoms with Gasteiger partial charge in [0.1, 0.15) is 24.4 Å². The van der Waals surface area contributed by atoms with Crippen LogP contribution in [0.25, 0.3) is 0 Å². The highest BCUT2D eigenvalue weighted by Gasteiger charge is 2.52. The quantitative estimate of drug-likeness (QED) is 0.815. The van der Waals surface area contributed by atoms with Gasteiger partial charge in [-0.15, -0.1) is 0 Å². The molecular weight excluding hydrogens is 260 g/mol. The Balaban J connectivity index is 1.69. The average Bonchev–Trinajstić information content (AvgIpc) is 2.92. The van der Waals surface area contributed by atoms with Gasteiger partial charge in [-0.25, -0.2) is 0 Å². The van der Waals surface area contributed by atoms with Gasteiger partial charge in [0, 0.05) is 14.2 Å². The standard InChI is InChI=1S/C15H20O5/c1-16-12-11-9-19-15(20-11)14(13(12)17-2)18-8-10-6-4-3-5-7-10/h3-7,11-15H,8-9H2,1-2H3/t11-,12+,13-,14+,15+/m0/s1. The highest BCUT2D eigenvalue weighted by molar-refractivity contribution is 5.13. The number of benzene rings is 1.